The average Bonchev–Trinajstić information content (AvgIpc) is 3.17. The van der Waals surface area contributed by atoms with Crippen LogP contribution in [0.15, 0.2) is 52.0 Å². The third kappa shape index (κ3) is 2.68. The number of furan rings is 1. The summed E-state index contributed by atoms with van der Waals surface area (Å²) in [5.74, 6) is 0.996. The fourth-order valence-corrected chi connectivity index (χ4v) is 3.36. The van der Waals surface area contributed by atoms with Gasteiger partial charge in [0.15, 0.2) is 0 Å². The molecule has 23 heavy (non-hydrogen) atoms. The molecule has 1 aliphatic heterocycles. The van der Waals surface area contributed by atoms with Gasteiger partial charge >= 0.3 is 0 Å². The second-order valence-corrected chi connectivity index (χ2v) is 6.16. The maximum atomic E-state index is 12.3. The first-order chi connectivity index (χ1) is 11.2. The van der Waals surface area contributed by atoms with Crippen molar-refractivity contribution >= 4 is 5.65 Å². The van der Waals surface area contributed by atoms with Gasteiger partial charge in [-0.2, -0.15) is 0 Å². The van der Waals surface area contributed by atoms with Gasteiger partial charge in [0.2, 0.25) is 0 Å². The third-order valence-electron chi connectivity index (χ3n) is 4.48. The highest BCUT2D eigenvalue weighted by Crippen LogP contribution is 2.32. The Hall–Kier alpha value is -2.40. The molecule has 0 unspecified atom stereocenters. The van der Waals surface area contributed by atoms with Crippen LogP contribution in [-0.2, 0) is 6.54 Å². The molecule has 1 fully saturated rings. The Morgan fingerprint density at radius 3 is 3.09 bits per heavy atom. The standard InChI is InChI=1S/C18H19N3O2/c1-13-6-8-21-17(10-13)19-14(11-18(21)22)12-20-7-2-4-15(20)16-5-3-9-23-16/h3,5-6,8-11,15H,2,4,7,12H2,1H3/t15-/m1/s1. The van der Waals surface area contributed by atoms with Gasteiger partial charge in [-0.15, -0.1) is 0 Å². The predicted molar refractivity (Wildman–Crippen MR) is 87.3 cm³/mol. The van der Waals surface area contributed by atoms with Crippen molar-refractivity contribution < 1.29 is 4.42 Å². The SMILES string of the molecule is Cc1ccn2c(=O)cc(CN3CCC[C@@H]3c3ccco3)nc2c1. The Balaban J connectivity index is 1.66. The topological polar surface area (TPSA) is 50.8 Å². The number of hydrogen-bond acceptors (Lipinski definition) is 4. The van der Waals surface area contributed by atoms with Crippen molar-refractivity contribution in [2.45, 2.75) is 32.4 Å². The lowest BCUT2D eigenvalue weighted by atomic mass is 10.1. The summed E-state index contributed by atoms with van der Waals surface area (Å²) in [7, 11) is 0. The van der Waals surface area contributed by atoms with E-state index in [2.05, 4.69) is 9.88 Å². The molecule has 0 bridgehead atoms. The Kier molecular flexibility index (Phi) is 3.50. The van der Waals surface area contributed by atoms with Gasteiger partial charge in [0.05, 0.1) is 18.0 Å². The van der Waals surface area contributed by atoms with Gasteiger partial charge < -0.3 is 4.42 Å². The van der Waals surface area contributed by atoms with E-state index in [0.29, 0.717) is 12.2 Å². The molecule has 118 valence electrons. The first kappa shape index (κ1) is 14.2. The van der Waals surface area contributed by atoms with Crippen LogP contribution in [0.3, 0.4) is 0 Å². The number of nitrogens with zero attached hydrogens (tertiary/aromatic N) is 3. The Morgan fingerprint density at radius 1 is 1.35 bits per heavy atom. The summed E-state index contributed by atoms with van der Waals surface area (Å²) in [6.45, 7) is 3.68. The van der Waals surface area contributed by atoms with E-state index in [1.165, 1.54) is 0 Å². The summed E-state index contributed by atoms with van der Waals surface area (Å²) in [5, 5.41) is 0. The smallest absolute Gasteiger partial charge is 0.258 e. The zero-order valence-corrected chi connectivity index (χ0v) is 13.1. The third-order valence-corrected chi connectivity index (χ3v) is 4.48. The van der Waals surface area contributed by atoms with Gasteiger partial charge in [-0.3, -0.25) is 14.1 Å². The summed E-state index contributed by atoms with van der Waals surface area (Å²) in [5.41, 5.74) is 2.60. The minimum atomic E-state index is -0.0289. The van der Waals surface area contributed by atoms with Crippen LogP contribution in [-0.4, -0.2) is 20.8 Å². The minimum absolute atomic E-state index is 0.0289. The normalized spacial score (nSPS) is 18.7. The van der Waals surface area contributed by atoms with Gasteiger partial charge in [-0.25, -0.2) is 4.98 Å². The van der Waals surface area contributed by atoms with E-state index in [9.17, 15) is 4.79 Å². The Morgan fingerprint density at radius 2 is 2.26 bits per heavy atom. The minimum Gasteiger partial charge on any atom is -0.468 e. The fourth-order valence-electron chi connectivity index (χ4n) is 3.36. The molecule has 0 spiro atoms. The molecule has 4 rings (SSSR count). The van der Waals surface area contributed by atoms with E-state index in [4.69, 9.17) is 4.42 Å². The van der Waals surface area contributed by atoms with Crippen molar-refractivity contribution in [3.63, 3.8) is 0 Å². The summed E-state index contributed by atoms with van der Waals surface area (Å²) in [6, 6.07) is 9.73. The molecule has 4 heterocycles. The summed E-state index contributed by atoms with van der Waals surface area (Å²) < 4.78 is 7.15. The second-order valence-electron chi connectivity index (χ2n) is 6.16. The zero-order chi connectivity index (χ0) is 15.8. The number of aryl methyl sites for hydroxylation is 1. The van der Waals surface area contributed by atoms with Crippen molar-refractivity contribution in [2.24, 2.45) is 0 Å². The molecule has 1 saturated heterocycles. The molecule has 3 aromatic heterocycles. The number of fused-ring (bicyclic) bond motifs is 1. The molecule has 1 aliphatic rings. The maximum absolute atomic E-state index is 12.3. The molecule has 5 nitrogen and oxygen atoms in total. The summed E-state index contributed by atoms with van der Waals surface area (Å²) in [4.78, 5) is 19.3. The average molecular weight is 309 g/mol. The fraction of sp³-hybridized carbons (Fsp3) is 0.333. The predicted octanol–water partition coefficient (Wildman–Crippen LogP) is 2.93. The number of rotatable bonds is 3. The zero-order valence-electron chi connectivity index (χ0n) is 13.1. The van der Waals surface area contributed by atoms with E-state index >= 15 is 0 Å². The maximum Gasteiger partial charge on any atom is 0.258 e. The molecule has 5 heteroatoms. The molecule has 1 atom stereocenters. The van der Waals surface area contributed by atoms with Crippen LogP contribution in [0.4, 0.5) is 0 Å². The van der Waals surface area contributed by atoms with Gasteiger partial charge in [0, 0.05) is 18.8 Å². The number of pyridine rings is 1. The van der Waals surface area contributed by atoms with Gasteiger partial charge in [0.25, 0.3) is 5.56 Å². The lowest BCUT2D eigenvalue weighted by Crippen LogP contribution is -2.25. The summed E-state index contributed by atoms with van der Waals surface area (Å²) in [6.07, 6.45) is 5.72. The van der Waals surface area contributed by atoms with Crippen molar-refractivity contribution in [3.8, 4) is 0 Å². The quantitative estimate of drug-likeness (QED) is 0.746. The second kappa shape index (κ2) is 5.66. The van der Waals surface area contributed by atoms with Crippen LogP contribution in [0.25, 0.3) is 5.65 Å². The molecule has 0 radical (unpaired) electrons. The first-order valence-corrected chi connectivity index (χ1v) is 7.97. The van der Waals surface area contributed by atoms with E-state index in [-0.39, 0.29) is 11.6 Å². The molecule has 0 aliphatic carbocycles. The lowest BCUT2D eigenvalue weighted by Gasteiger charge is -2.22. The van der Waals surface area contributed by atoms with E-state index in [0.717, 1.165) is 36.4 Å². The van der Waals surface area contributed by atoms with Crippen LogP contribution >= 0.6 is 0 Å². The Labute approximate surface area is 134 Å². The first-order valence-electron chi connectivity index (χ1n) is 7.97. The lowest BCUT2D eigenvalue weighted by molar-refractivity contribution is 0.218. The largest absolute Gasteiger partial charge is 0.468 e. The van der Waals surface area contributed by atoms with Crippen molar-refractivity contribution in [3.05, 3.63) is 70.2 Å². The Bertz CT molecular complexity index is 883. The molecule has 0 N–H and O–H groups in total. The number of hydrogen-bond donors (Lipinski definition) is 0. The molecular weight excluding hydrogens is 290 g/mol. The van der Waals surface area contributed by atoms with Gasteiger partial charge in [-0.1, -0.05) is 0 Å². The summed E-state index contributed by atoms with van der Waals surface area (Å²) >= 11 is 0. The highest BCUT2D eigenvalue weighted by atomic mass is 16.3. The number of likely N-dealkylation sites (tertiary alicyclic amines) is 1. The van der Waals surface area contributed by atoms with E-state index < -0.39 is 0 Å². The highest BCUT2D eigenvalue weighted by Gasteiger charge is 2.28. The molecule has 0 amide bonds. The van der Waals surface area contributed by atoms with Crippen LogP contribution in [0.2, 0.25) is 0 Å². The highest BCUT2D eigenvalue weighted by molar-refractivity contribution is 5.41. The van der Waals surface area contributed by atoms with Crippen LogP contribution in [0, 0.1) is 6.92 Å². The molecular formula is C18H19N3O2. The van der Waals surface area contributed by atoms with Crippen molar-refractivity contribution in [1.82, 2.24) is 14.3 Å². The molecule has 0 aromatic carbocycles. The monoisotopic (exact) mass is 309 g/mol. The van der Waals surface area contributed by atoms with Crippen molar-refractivity contribution in [2.75, 3.05) is 6.54 Å². The molecule has 0 saturated carbocycles. The van der Waals surface area contributed by atoms with Crippen molar-refractivity contribution in [1.29, 1.82) is 0 Å². The molecule has 3 aromatic rings. The van der Waals surface area contributed by atoms with Crippen LogP contribution in [0.1, 0.15) is 35.9 Å². The van der Waals surface area contributed by atoms with Gasteiger partial charge in [0.1, 0.15) is 11.4 Å². The van der Waals surface area contributed by atoms with Crippen LogP contribution in [0.5, 0.6) is 0 Å². The van der Waals surface area contributed by atoms with Crippen LogP contribution < -0.4 is 5.56 Å². The number of aromatic nitrogens is 2. The van der Waals surface area contributed by atoms with E-state index in [1.54, 1.807) is 22.9 Å². The van der Waals surface area contributed by atoms with Gasteiger partial charge in [-0.05, 0) is 56.1 Å². The van der Waals surface area contributed by atoms with E-state index in [1.807, 2.05) is 31.2 Å².